The van der Waals surface area contributed by atoms with E-state index in [0.29, 0.717) is 12.0 Å². The van der Waals surface area contributed by atoms with Crippen LogP contribution in [0.25, 0.3) is 0 Å². The van der Waals surface area contributed by atoms with Gasteiger partial charge < -0.3 is 16.6 Å². The second-order valence-electron chi connectivity index (χ2n) is 4.18. The molecule has 94 valence electrons. The van der Waals surface area contributed by atoms with Crippen LogP contribution in [0.4, 0.5) is 10.1 Å². The first-order valence-corrected chi connectivity index (χ1v) is 5.42. The van der Waals surface area contributed by atoms with Crippen LogP contribution in [0.1, 0.15) is 18.9 Å². The molecule has 0 heterocycles. The molecule has 0 radical (unpaired) electrons. The van der Waals surface area contributed by atoms with E-state index in [1.165, 1.54) is 12.1 Å². The zero-order valence-electron chi connectivity index (χ0n) is 9.74. The van der Waals surface area contributed by atoms with Gasteiger partial charge in [-0.2, -0.15) is 0 Å². The molecule has 0 spiro atoms. The lowest BCUT2D eigenvalue weighted by molar-refractivity contribution is -0.148. The number of carboxylic acids is 1. The van der Waals surface area contributed by atoms with Crippen LogP contribution in [0.5, 0.6) is 0 Å². The molecule has 0 amide bonds. The first-order chi connectivity index (χ1) is 7.95. The number of carboxylic acid groups (broad SMARTS) is 1. The molecule has 17 heavy (non-hydrogen) atoms. The zero-order valence-corrected chi connectivity index (χ0v) is 9.74. The monoisotopic (exact) mass is 240 g/mol. The van der Waals surface area contributed by atoms with Gasteiger partial charge in [0.05, 0.1) is 11.1 Å². The summed E-state index contributed by atoms with van der Waals surface area (Å²) < 4.78 is 13.3. The lowest BCUT2D eigenvalue weighted by Gasteiger charge is -2.26. The van der Waals surface area contributed by atoms with Crippen molar-refractivity contribution in [2.75, 3.05) is 12.3 Å². The van der Waals surface area contributed by atoms with Gasteiger partial charge in [-0.15, -0.1) is 0 Å². The fraction of sp³-hybridized carbons (Fsp3) is 0.417. The van der Waals surface area contributed by atoms with Crippen molar-refractivity contribution in [1.82, 2.24) is 0 Å². The Kier molecular flexibility index (Phi) is 4.07. The van der Waals surface area contributed by atoms with Crippen LogP contribution in [0.2, 0.25) is 0 Å². The van der Waals surface area contributed by atoms with E-state index in [4.69, 9.17) is 11.5 Å². The first kappa shape index (κ1) is 13.4. The average molecular weight is 240 g/mol. The number of nitrogen functional groups attached to an aromatic ring is 1. The van der Waals surface area contributed by atoms with Gasteiger partial charge in [-0.3, -0.25) is 4.79 Å². The fourth-order valence-electron chi connectivity index (χ4n) is 1.73. The summed E-state index contributed by atoms with van der Waals surface area (Å²) in [6, 6.07) is 4.32. The third-order valence-corrected chi connectivity index (χ3v) is 3.13. The van der Waals surface area contributed by atoms with E-state index in [1.54, 1.807) is 13.0 Å². The van der Waals surface area contributed by atoms with E-state index >= 15 is 0 Å². The van der Waals surface area contributed by atoms with E-state index in [0.717, 1.165) is 0 Å². The van der Waals surface area contributed by atoms with Crippen LogP contribution in [0.3, 0.4) is 0 Å². The van der Waals surface area contributed by atoms with Crippen LogP contribution in [0.15, 0.2) is 18.2 Å². The zero-order chi connectivity index (χ0) is 13.1. The van der Waals surface area contributed by atoms with Gasteiger partial charge in [-0.1, -0.05) is 13.0 Å². The number of anilines is 1. The van der Waals surface area contributed by atoms with E-state index in [9.17, 15) is 14.3 Å². The highest BCUT2D eigenvalue weighted by molar-refractivity contribution is 5.75. The number of carbonyl (C=O) groups is 1. The molecule has 1 atom stereocenters. The second kappa shape index (κ2) is 5.14. The van der Waals surface area contributed by atoms with Gasteiger partial charge in [-0.05, 0) is 30.5 Å². The standard InChI is InChI=1S/C12H17FN2O2/c1-2-12(7-14,11(16)17)6-8-3-4-10(15)9(13)5-8/h3-5H,2,6-7,14-15H2,1H3,(H,16,17). The van der Waals surface area contributed by atoms with E-state index in [1.807, 2.05) is 0 Å². The maximum absolute atomic E-state index is 13.3. The molecule has 1 rings (SSSR count). The smallest absolute Gasteiger partial charge is 0.311 e. The summed E-state index contributed by atoms with van der Waals surface area (Å²) in [6.07, 6.45) is 0.595. The minimum absolute atomic E-state index is 0.0187. The van der Waals surface area contributed by atoms with E-state index in [-0.39, 0.29) is 18.7 Å². The molecule has 0 aliphatic carbocycles. The van der Waals surface area contributed by atoms with Crippen LogP contribution in [0, 0.1) is 11.2 Å². The Morgan fingerprint density at radius 1 is 1.53 bits per heavy atom. The summed E-state index contributed by atoms with van der Waals surface area (Å²) >= 11 is 0. The van der Waals surface area contributed by atoms with Gasteiger partial charge >= 0.3 is 5.97 Å². The third kappa shape index (κ3) is 2.74. The van der Waals surface area contributed by atoms with Gasteiger partial charge in [0.15, 0.2) is 0 Å². The van der Waals surface area contributed by atoms with Gasteiger partial charge in [0.1, 0.15) is 5.82 Å². The van der Waals surface area contributed by atoms with Crippen LogP contribution in [-0.4, -0.2) is 17.6 Å². The average Bonchev–Trinajstić information content (AvgIpc) is 2.30. The predicted molar refractivity (Wildman–Crippen MR) is 63.9 cm³/mol. The number of nitrogens with two attached hydrogens (primary N) is 2. The Morgan fingerprint density at radius 3 is 2.59 bits per heavy atom. The number of halogens is 1. The molecule has 0 aliphatic heterocycles. The molecule has 0 fully saturated rings. The van der Waals surface area contributed by atoms with Crippen molar-refractivity contribution in [2.45, 2.75) is 19.8 Å². The number of benzene rings is 1. The fourth-order valence-corrected chi connectivity index (χ4v) is 1.73. The maximum Gasteiger partial charge on any atom is 0.311 e. The molecule has 1 aromatic rings. The number of hydrogen-bond acceptors (Lipinski definition) is 3. The molecule has 0 bridgehead atoms. The summed E-state index contributed by atoms with van der Waals surface area (Å²) in [5.41, 5.74) is 10.5. The van der Waals surface area contributed by atoms with Crippen molar-refractivity contribution in [1.29, 1.82) is 0 Å². The molecule has 5 N–H and O–H groups in total. The topological polar surface area (TPSA) is 89.3 Å². The largest absolute Gasteiger partial charge is 0.481 e. The molecular weight excluding hydrogens is 223 g/mol. The predicted octanol–water partition coefficient (Wildman–Crippen LogP) is 1.39. The molecular formula is C12H17FN2O2. The van der Waals surface area contributed by atoms with Gasteiger partial charge in [-0.25, -0.2) is 4.39 Å². The number of rotatable bonds is 5. The Balaban J connectivity index is 3.01. The molecule has 0 aliphatic rings. The highest BCUT2D eigenvalue weighted by atomic mass is 19.1. The Morgan fingerprint density at radius 2 is 2.18 bits per heavy atom. The quantitative estimate of drug-likeness (QED) is 0.678. The molecule has 0 aromatic heterocycles. The highest BCUT2D eigenvalue weighted by Crippen LogP contribution is 2.27. The summed E-state index contributed by atoms with van der Waals surface area (Å²) in [5, 5.41) is 9.21. The Bertz CT molecular complexity index is 417. The van der Waals surface area contributed by atoms with Crippen molar-refractivity contribution >= 4 is 11.7 Å². The van der Waals surface area contributed by atoms with Crippen molar-refractivity contribution in [3.8, 4) is 0 Å². The summed E-state index contributed by atoms with van der Waals surface area (Å²) in [5.74, 6) is -1.49. The lowest BCUT2D eigenvalue weighted by atomic mass is 9.79. The Labute approximate surface area is 99.4 Å². The molecule has 1 unspecified atom stereocenters. The minimum atomic E-state index is -1.04. The van der Waals surface area contributed by atoms with Crippen molar-refractivity contribution in [3.05, 3.63) is 29.6 Å². The third-order valence-electron chi connectivity index (χ3n) is 3.13. The lowest BCUT2D eigenvalue weighted by Crippen LogP contribution is -2.40. The maximum atomic E-state index is 13.3. The SMILES string of the molecule is CCC(CN)(Cc1ccc(N)c(F)c1)C(=O)O. The highest BCUT2D eigenvalue weighted by Gasteiger charge is 2.35. The van der Waals surface area contributed by atoms with Crippen LogP contribution < -0.4 is 11.5 Å². The minimum Gasteiger partial charge on any atom is -0.481 e. The number of hydrogen-bond donors (Lipinski definition) is 3. The van der Waals surface area contributed by atoms with Crippen LogP contribution in [-0.2, 0) is 11.2 Å². The van der Waals surface area contributed by atoms with E-state index in [2.05, 4.69) is 0 Å². The van der Waals surface area contributed by atoms with Crippen molar-refractivity contribution in [3.63, 3.8) is 0 Å². The second-order valence-corrected chi connectivity index (χ2v) is 4.18. The van der Waals surface area contributed by atoms with E-state index < -0.39 is 17.2 Å². The first-order valence-electron chi connectivity index (χ1n) is 5.42. The number of aliphatic carboxylic acids is 1. The van der Waals surface area contributed by atoms with Crippen molar-refractivity contribution in [2.24, 2.45) is 11.1 Å². The normalized spacial score (nSPS) is 14.3. The molecule has 0 saturated heterocycles. The van der Waals surface area contributed by atoms with Crippen molar-refractivity contribution < 1.29 is 14.3 Å². The van der Waals surface area contributed by atoms with Crippen LogP contribution >= 0.6 is 0 Å². The molecule has 4 nitrogen and oxygen atoms in total. The Hall–Kier alpha value is -1.62. The summed E-state index contributed by atoms with van der Waals surface area (Å²) in [6.45, 7) is 1.78. The molecule has 1 aromatic carbocycles. The molecule has 0 saturated carbocycles. The summed E-state index contributed by atoms with van der Waals surface area (Å²) in [4.78, 5) is 11.2. The summed E-state index contributed by atoms with van der Waals surface area (Å²) in [7, 11) is 0. The van der Waals surface area contributed by atoms with Gasteiger partial charge in [0.2, 0.25) is 0 Å². The molecule has 5 heteroatoms. The van der Waals surface area contributed by atoms with Gasteiger partial charge in [0.25, 0.3) is 0 Å². The van der Waals surface area contributed by atoms with Gasteiger partial charge in [0, 0.05) is 6.54 Å².